The Hall–Kier alpha value is -2.57. The standard InChI is InChI=1S/C14H9F4NO2/c15-8-5-6-9(11(7-8)13(19)20)10-3-1-2-4-12(10)21-14(16,17)18/h1-7H,(H2,19,20). The summed E-state index contributed by atoms with van der Waals surface area (Å²) in [7, 11) is 0. The summed E-state index contributed by atoms with van der Waals surface area (Å²) in [5.41, 5.74) is 4.95. The average Bonchev–Trinajstić information content (AvgIpc) is 2.37. The zero-order valence-corrected chi connectivity index (χ0v) is 10.4. The summed E-state index contributed by atoms with van der Waals surface area (Å²) >= 11 is 0. The molecular formula is C14H9F4NO2. The first-order valence-corrected chi connectivity index (χ1v) is 5.72. The molecule has 0 aliphatic carbocycles. The molecule has 110 valence electrons. The lowest BCUT2D eigenvalue weighted by Gasteiger charge is -2.14. The van der Waals surface area contributed by atoms with Crippen LogP contribution >= 0.6 is 0 Å². The van der Waals surface area contributed by atoms with E-state index in [0.717, 1.165) is 18.2 Å². The molecule has 0 aromatic heterocycles. The molecule has 0 bridgehead atoms. The van der Waals surface area contributed by atoms with Gasteiger partial charge in [0.15, 0.2) is 0 Å². The van der Waals surface area contributed by atoms with Gasteiger partial charge in [0.05, 0.1) is 0 Å². The molecule has 7 heteroatoms. The number of carbonyl (C=O) groups excluding carboxylic acids is 1. The Kier molecular flexibility index (Phi) is 3.84. The van der Waals surface area contributed by atoms with Gasteiger partial charge in [-0.05, 0) is 23.8 Å². The Balaban J connectivity index is 2.60. The molecule has 0 saturated carbocycles. The first kappa shape index (κ1) is 14.8. The van der Waals surface area contributed by atoms with Crippen LogP contribution in [0.2, 0.25) is 0 Å². The Labute approximate surface area is 116 Å². The fourth-order valence-electron chi connectivity index (χ4n) is 1.86. The highest BCUT2D eigenvalue weighted by Gasteiger charge is 2.32. The zero-order valence-electron chi connectivity index (χ0n) is 10.4. The third-order valence-electron chi connectivity index (χ3n) is 2.65. The van der Waals surface area contributed by atoms with Crippen LogP contribution in [0.4, 0.5) is 17.6 Å². The van der Waals surface area contributed by atoms with Crippen molar-refractivity contribution in [3.8, 4) is 16.9 Å². The molecule has 0 atom stereocenters. The number of rotatable bonds is 3. The van der Waals surface area contributed by atoms with E-state index in [-0.39, 0.29) is 16.7 Å². The van der Waals surface area contributed by atoms with Gasteiger partial charge in [-0.25, -0.2) is 4.39 Å². The minimum Gasteiger partial charge on any atom is -0.405 e. The lowest BCUT2D eigenvalue weighted by molar-refractivity contribution is -0.274. The summed E-state index contributed by atoms with van der Waals surface area (Å²) < 4.78 is 54.2. The van der Waals surface area contributed by atoms with E-state index in [1.165, 1.54) is 24.3 Å². The van der Waals surface area contributed by atoms with Gasteiger partial charge in [-0.3, -0.25) is 4.79 Å². The van der Waals surface area contributed by atoms with Crippen LogP contribution in [0.15, 0.2) is 42.5 Å². The van der Waals surface area contributed by atoms with Gasteiger partial charge in [0.1, 0.15) is 11.6 Å². The van der Waals surface area contributed by atoms with Crippen LogP contribution in [0.3, 0.4) is 0 Å². The number of hydrogen-bond donors (Lipinski definition) is 1. The highest BCUT2D eigenvalue weighted by molar-refractivity contribution is 6.00. The Morgan fingerprint density at radius 3 is 2.33 bits per heavy atom. The number of nitrogens with two attached hydrogens (primary N) is 1. The van der Waals surface area contributed by atoms with Crippen LogP contribution in [0.25, 0.3) is 11.1 Å². The van der Waals surface area contributed by atoms with Gasteiger partial charge in [-0.1, -0.05) is 24.3 Å². The van der Waals surface area contributed by atoms with Gasteiger partial charge in [0.2, 0.25) is 5.91 Å². The first-order valence-electron chi connectivity index (χ1n) is 5.72. The largest absolute Gasteiger partial charge is 0.573 e. The topological polar surface area (TPSA) is 52.3 Å². The fraction of sp³-hybridized carbons (Fsp3) is 0.0714. The van der Waals surface area contributed by atoms with E-state index >= 15 is 0 Å². The van der Waals surface area contributed by atoms with E-state index in [4.69, 9.17) is 5.73 Å². The summed E-state index contributed by atoms with van der Waals surface area (Å²) in [4.78, 5) is 11.3. The van der Waals surface area contributed by atoms with Crippen molar-refractivity contribution < 1.29 is 27.1 Å². The fourth-order valence-corrected chi connectivity index (χ4v) is 1.86. The van der Waals surface area contributed by atoms with Crippen LogP contribution in [-0.2, 0) is 0 Å². The second kappa shape index (κ2) is 5.43. The minimum absolute atomic E-state index is 0.0105. The number of hydrogen-bond acceptors (Lipinski definition) is 2. The molecule has 0 radical (unpaired) electrons. The summed E-state index contributed by atoms with van der Waals surface area (Å²) in [5.74, 6) is -2.17. The summed E-state index contributed by atoms with van der Waals surface area (Å²) in [6.45, 7) is 0. The van der Waals surface area contributed by atoms with Crippen LogP contribution in [0.1, 0.15) is 10.4 Å². The summed E-state index contributed by atoms with van der Waals surface area (Å²) in [6, 6.07) is 8.28. The predicted octanol–water partition coefficient (Wildman–Crippen LogP) is 3.49. The molecule has 0 spiro atoms. The van der Waals surface area contributed by atoms with Crippen LogP contribution in [0, 0.1) is 5.82 Å². The van der Waals surface area contributed by atoms with E-state index in [0.29, 0.717) is 0 Å². The molecule has 2 rings (SSSR count). The SMILES string of the molecule is NC(=O)c1cc(F)ccc1-c1ccccc1OC(F)(F)F. The molecule has 1 amide bonds. The lowest BCUT2D eigenvalue weighted by Crippen LogP contribution is -2.18. The predicted molar refractivity (Wildman–Crippen MR) is 67.0 cm³/mol. The zero-order chi connectivity index (χ0) is 15.6. The molecule has 0 aliphatic rings. The molecule has 3 nitrogen and oxygen atoms in total. The highest BCUT2D eigenvalue weighted by atomic mass is 19.4. The van der Waals surface area contributed by atoms with Crippen molar-refractivity contribution in [2.24, 2.45) is 5.73 Å². The van der Waals surface area contributed by atoms with E-state index in [2.05, 4.69) is 4.74 Å². The molecular weight excluding hydrogens is 290 g/mol. The van der Waals surface area contributed by atoms with Gasteiger partial charge in [0, 0.05) is 11.1 Å². The number of alkyl halides is 3. The smallest absolute Gasteiger partial charge is 0.405 e. The van der Waals surface area contributed by atoms with Crippen molar-refractivity contribution in [1.82, 2.24) is 0 Å². The van der Waals surface area contributed by atoms with E-state index in [1.807, 2.05) is 0 Å². The number of carbonyl (C=O) groups is 1. The van der Waals surface area contributed by atoms with Crippen molar-refractivity contribution in [2.75, 3.05) is 0 Å². The van der Waals surface area contributed by atoms with Gasteiger partial charge < -0.3 is 10.5 Å². The maximum absolute atomic E-state index is 13.2. The third-order valence-corrected chi connectivity index (χ3v) is 2.65. The van der Waals surface area contributed by atoms with Crippen LogP contribution < -0.4 is 10.5 Å². The Morgan fingerprint density at radius 2 is 1.71 bits per heavy atom. The second-order valence-electron chi connectivity index (χ2n) is 4.10. The third kappa shape index (κ3) is 3.50. The number of para-hydroxylation sites is 1. The van der Waals surface area contributed by atoms with E-state index in [9.17, 15) is 22.4 Å². The minimum atomic E-state index is -4.89. The van der Waals surface area contributed by atoms with Gasteiger partial charge in [0.25, 0.3) is 0 Å². The van der Waals surface area contributed by atoms with Crippen molar-refractivity contribution in [3.63, 3.8) is 0 Å². The second-order valence-corrected chi connectivity index (χ2v) is 4.10. The lowest BCUT2D eigenvalue weighted by atomic mass is 9.98. The van der Waals surface area contributed by atoms with E-state index < -0.39 is 23.8 Å². The average molecular weight is 299 g/mol. The number of ether oxygens (including phenoxy) is 1. The summed E-state index contributed by atoms with van der Waals surface area (Å²) in [6.07, 6.45) is -4.89. The van der Waals surface area contributed by atoms with E-state index in [1.54, 1.807) is 0 Å². The van der Waals surface area contributed by atoms with Crippen LogP contribution in [0.5, 0.6) is 5.75 Å². The molecule has 2 aromatic rings. The van der Waals surface area contributed by atoms with Crippen LogP contribution in [-0.4, -0.2) is 12.3 Å². The van der Waals surface area contributed by atoms with Gasteiger partial charge >= 0.3 is 6.36 Å². The first-order chi connectivity index (χ1) is 9.78. The van der Waals surface area contributed by atoms with Gasteiger partial charge in [-0.15, -0.1) is 13.2 Å². The molecule has 21 heavy (non-hydrogen) atoms. The monoisotopic (exact) mass is 299 g/mol. The normalized spacial score (nSPS) is 11.2. The number of benzene rings is 2. The maximum atomic E-state index is 13.2. The van der Waals surface area contributed by atoms with Gasteiger partial charge in [-0.2, -0.15) is 0 Å². The molecule has 0 unspecified atom stereocenters. The molecule has 0 aliphatic heterocycles. The van der Waals surface area contributed by atoms with Crippen molar-refractivity contribution in [2.45, 2.75) is 6.36 Å². The summed E-state index contributed by atoms with van der Waals surface area (Å²) in [5, 5.41) is 0. The molecule has 0 saturated heterocycles. The molecule has 2 N–H and O–H groups in total. The number of halogens is 4. The quantitative estimate of drug-likeness (QED) is 0.882. The van der Waals surface area contributed by atoms with Crippen molar-refractivity contribution in [1.29, 1.82) is 0 Å². The molecule has 0 heterocycles. The number of primary amides is 1. The van der Waals surface area contributed by atoms with Crippen molar-refractivity contribution >= 4 is 5.91 Å². The molecule has 2 aromatic carbocycles. The highest BCUT2D eigenvalue weighted by Crippen LogP contribution is 2.35. The Morgan fingerprint density at radius 1 is 1.05 bits per heavy atom. The maximum Gasteiger partial charge on any atom is 0.573 e. The molecule has 0 fully saturated rings. The van der Waals surface area contributed by atoms with Crippen molar-refractivity contribution in [3.05, 3.63) is 53.8 Å². The number of amides is 1. The Bertz CT molecular complexity index is 683.